The van der Waals surface area contributed by atoms with Crippen LogP contribution in [0, 0.1) is 0 Å². The van der Waals surface area contributed by atoms with Gasteiger partial charge >= 0.3 is 0 Å². The van der Waals surface area contributed by atoms with E-state index in [9.17, 15) is 0 Å². The van der Waals surface area contributed by atoms with Crippen molar-refractivity contribution >= 4 is 5.57 Å². The largest absolute Gasteiger partial charge is 0.327 e. The Morgan fingerprint density at radius 3 is 2.79 bits per heavy atom. The summed E-state index contributed by atoms with van der Waals surface area (Å²) in [5.74, 6) is 0. The molecule has 1 aliphatic carbocycles. The van der Waals surface area contributed by atoms with Gasteiger partial charge in [-0.3, -0.25) is 0 Å². The van der Waals surface area contributed by atoms with Crippen molar-refractivity contribution in [2.75, 3.05) is 6.54 Å². The van der Waals surface area contributed by atoms with E-state index in [1.165, 1.54) is 42.4 Å². The summed E-state index contributed by atoms with van der Waals surface area (Å²) in [7, 11) is 0. The van der Waals surface area contributed by atoms with Crippen molar-refractivity contribution in [3.8, 4) is 0 Å². The van der Waals surface area contributed by atoms with E-state index in [-0.39, 0.29) is 0 Å². The first-order chi connectivity index (χ1) is 6.92. The predicted molar refractivity (Wildman–Crippen MR) is 61.0 cm³/mol. The van der Waals surface area contributed by atoms with Gasteiger partial charge < -0.3 is 5.73 Å². The third-order valence-corrected chi connectivity index (χ3v) is 2.87. The maximum Gasteiger partial charge on any atom is 0.0112 e. The second-order valence-corrected chi connectivity index (χ2v) is 3.83. The van der Waals surface area contributed by atoms with Gasteiger partial charge in [-0.2, -0.15) is 0 Å². The zero-order valence-corrected chi connectivity index (χ0v) is 8.50. The molecule has 14 heavy (non-hydrogen) atoms. The van der Waals surface area contributed by atoms with Crippen molar-refractivity contribution in [2.24, 2.45) is 5.73 Å². The van der Waals surface area contributed by atoms with Gasteiger partial charge in [-0.25, -0.2) is 0 Å². The molecular weight excluding hydrogens is 170 g/mol. The van der Waals surface area contributed by atoms with E-state index in [1.54, 1.807) is 0 Å². The smallest absolute Gasteiger partial charge is 0.0112 e. The number of hydrogen-bond donors (Lipinski definition) is 1. The monoisotopic (exact) mass is 187 g/mol. The standard InChI is InChI=1S/C13H17N/c14-10-9-12-7-2-1-5-11-6-3-4-8-13(11)12/h3-4,6,8-9H,1-2,5,7,10,14H2/b12-9-. The highest BCUT2D eigenvalue weighted by molar-refractivity contribution is 5.69. The maximum atomic E-state index is 5.59. The molecule has 0 aliphatic heterocycles. The predicted octanol–water partition coefficient (Wildman–Crippen LogP) is 2.76. The fourth-order valence-corrected chi connectivity index (χ4v) is 2.17. The van der Waals surface area contributed by atoms with Gasteiger partial charge in [0.2, 0.25) is 0 Å². The quantitative estimate of drug-likeness (QED) is 0.672. The fourth-order valence-electron chi connectivity index (χ4n) is 2.17. The second-order valence-electron chi connectivity index (χ2n) is 3.83. The van der Waals surface area contributed by atoms with Gasteiger partial charge in [-0.15, -0.1) is 0 Å². The van der Waals surface area contributed by atoms with Crippen LogP contribution in [-0.2, 0) is 6.42 Å². The Morgan fingerprint density at radius 1 is 1.14 bits per heavy atom. The van der Waals surface area contributed by atoms with Crippen molar-refractivity contribution in [1.82, 2.24) is 0 Å². The Balaban J connectivity index is 2.42. The van der Waals surface area contributed by atoms with E-state index in [4.69, 9.17) is 5.73 Å². The zero-order valence-electron chi connectivity index (χ0n) is 8.50. The van der Waals surface area contributed by atoms with E-state index < -0.39 is 0 Å². The van der Waals surface area contributed by atoms with Crippen LogP contribution in [0.4, 0.5) is 0 Å². The Hall–Kier alpha value is -1.08. The minimum Gasteiger partial charge on any atom is -0.327 e. The zero-order chi connectivity index (χ0) is 9.80. The first-order valence-electron chi connectivity index (χ1n) is 5.39. The molecule has 0 saturated heterocycles. The number of fused-ring (bicyclic) bond motifs is 1. The molecule has 1 heteroatoms. The molecule has 0 aromatic heterocycles. The fraction of sp³-hybridized carbons (Fsp3) is 0.385. The molecule has 0 radical (unpaired) electrons. The van der Waals surface area contributed by atoms with Crippen molar-refractivity contribution < 1.29 is 0 Å². The molecule has 1 aromatic carbocycles. The molecule has 0 amide bonds. The first-order valence-corrected chi connectivity index (χ1v) is 5.39. The van der Waals surface area contributed by atoms with Gasteiger partial charge in [0.15, 0.2) is 0 Å². The van der Waals surface area contributed by atoms with Crippen LogP contribution in [0.1, 0.15) is 30.4 Å². The van der Waals surface area contributed by atoms with E-state index >= 15 is 0 Å². The lowest BCUT2D eigenvalue weighted by atomic mass is 9.98. The van der Waals surface area contributed by atoms with Gasteiger partial charge in [-0.1, -0.05) is 30.3 Å². The highest BCUT2D eigenvalue weighted by Gasteiger charge is 2.10. The van der Waals surface area contributed by atoms with E-state index in [0.29, 0.717) is 6.54 Å². The summed E-state index contributed by atoms with van der Waals surface area (Å²) < 4.78 is 0. The summed E-state index contributed by atoms with van der Waals surface area (Å²) in [6.45, 7) is 0.656. The second kappa shape index (κ2) is 4.43. The molecule has 2 N–H and O–H groups in total. The van der Waals surface area contributed by atoms with Crippen molar-refractivity contribution in [3.05, 3.63) is 41.5 Å². The van der Waals surface area contributed by atoms with Crippen LogP contribution in [0.25, 0.3) is 5.57 Å². The molecule has 0 fully saturated rings. The van der Waals surface area contributed by atoms with Crippen LogP contribution in [0.5, 0.6) is 0 Å². The van der Waals surface area contributed by atoms with E-state index in [2.05, 4.69) is 30.3 Å². The number of hydrogen-bond acceptors (Lipinski definition) is 1. The summed E-state index contributed by atoms with van der Waals surface area (Å²) in [6, 6.07) is 8.71. The molecule has 0 atom stereocenters. The van der Waals surface area contributed by atoms with Crippen molar-refractivity contribution in [1.29, 1.82) is 0 Å². The molecule has 74 valence electrons. The maximum absolute atomic E-state index is 5.59. The summed E-state index contributed by atoms with van der Waals surface area (Å²) in [5.41, 5.74) is 9.95. The van der Waals surface area contributed by atoms with Crippen LogP contribution in [0.3, 0.4) is 0 Å². The molecule has 0 unspecified atom stereocenters. The molecule has 2 rings (SSSR count). The first kappa shape index (κ1) is 9.47. The highest BCUT2D eigenvalue weighted by atomic mass is 14.5. The lowest BCUT2D eigenvalue weighted by molar-refractivity contribution is 0.771. The normalized spacial score (nSPS) is 19.1. The Labute approximate surface area is 85.6 Å². The summed E-state index contributed by atoms with van der Waals surface area (Å²) in [6.07, 6.45) is 7.18. The minimum atomic E-state index is 0.656. The average Bonchev–Trinajstić information content (AvgIpc) is 2.42. The lowest BCUT2D eigenvalue weighted by Gasteiger charge is -2.07. The minimum absolute atomic E-state index is 0.656. The SMILES string of the molecule is NC/C=C1/CCCCc2ccccc21. The van der Waals surface area contributed by atoms with Gasteiger partial charge in [0.1, 0.15) is 0 Å². The molecule has 1 nitrogen and oxygen atoms in total. The molecule has 1 aromatic rings. The number of nitrogens with two attached hydrogens (primary N) is 1. The Kier molecular flexibility index (Phi) is 3.00. The van der Waals surface area contributed by atoms with Gasteiger partial charge in [0, 0.05) is 6.54 Å². The number of aryl methyl sites for hydroxylation is 1. The lowest BCUT2D eigenvalue weighted by Crippen LogP contribution is -1.96. The van der Waals surface area contributed by atoms with Crippen LogP contribution >= 0.6 is 0 Å². The van der Waals surface area contributed by atoms with E-state index in [1.807, 2.05) is 0 Å². The highest BCUT2D eigenvalue weighted by Crippen LogP contribution is 2.28. The number of benzene rings is 1. The summed E-state index contributed by atoms with van der Waals surface area (Å²) >= 11 is 0. The van der Waals surface area contributed by atoms with E-state index in [0.717, 1.165) is 0 Å². The molecular formula is C13H17N. The van der Waals surface area contributed by atoms with Crippen LogP contribution in [0.2, 0.25) is 0 Å². The molecule has 0 saturated carbocycles. The van der Waals surface area contributed by atoms with Crippen molar-refractivity contribution in [3.63, 3.8) is 0 Å². The Morgan fingerprint density at radius 2 is 1.93 bits per heavy atom. The summed E-state index contributed by atoms with van der Waals surface area (Å²) in [4.78, 5) is 0. The van der Waals surface area contributed by atoms with Gasteiger partial charge in [0.25, 0.3) is 0 Å². The van der Waals surface area contributed by atoms with Gasteiger partial charge in [0.05, 0.1) is 0 Å². The Bertz CT molecular complexity index is 339. The average molecular weight is 187 g/mol. The van der Waals surface area contributed by atoms with Crippen LogP contribution in [-0.4, -0.2) is 6.54 Å². The van der Waals surface area contributed by atoms with Crippen LogP contribution in [0.15, 0.2) is 30.3 Å². The summed E-state index contributed by atoms with van der Waals surface area (Å²) in [5, 5.41) is 0. The molecule has 0 heterocycles. The van der Waals surface area contributed by atoms with Gasteiger partial charge in [-0.05, 0) is 42.4 Å². The molecule has 0 spiro atoms. The molecule has 1 aliphatic rings. The third kappa shape index (κ3) is 1.88. The van der Waals surface area contributed by atoms with Crippen molar-refractivity contribution in [2.45, 2.75) is 25.7 Å². The number of allylic oxidation sites excluding steroid dienone is 1. The third-order valence-electron chi connectivity index (χ3n) is 2.87. The number of rotatable bonds is 1. The topological polar surface area (TPSA) is 26.0 Å². The van der Waals surface area contributed by atoms with Crippen LogP contribution < -0.4 is 5.73 Å². The molecule has 0 bridgehead atoms.